The average Bonchev–Trinajstić information content (AvgIpc) is 2.37. The lowest BCUT2D eigenvalue weighted by Crippen LogP contribution is -2.37. The second-order valence-corrected chi connectivity index (χ2v) is 6.33. The van der Waals surface area contributed by atoms with Crippen LogP contribution in [-0.4, -0.2) is 17.3 Å². The number of hydrogen-bond donors (Lipinski definition) is 0. The molecule has 1 fully saturated rings. The van der Waals surface area contributed by atoms with E-state index in [1.807, 2.05) is 32.0 Å². The van der Waals surface area contributed by atoms with Crippen LogP contribution in [0.5, 0.6) is 0 Å². The van der Waals surface area contributed by atoms with Gasteiger partial charge in [0.1, 0.15) is 11.6 Å². The van der Waals surface area contributed by atoms with Gasteiger partial charge in [-0.2, -0.15) is 0 Å². The molecule has 1 aliphatic carbocycles. The Balaban J connectivity index is 1.96. The Morgan fingerprint density at radius 2 is 1.65 bits per heavy atom. The first kappa shape index (κ1) is 14.6. The van der Waals surface area contributed by atoms with E-state index in [1.54, 1.807) is 12.1 Å². The number of hydrogen-bond acceptors (Lipinski definition) is 3. The van der Waals surface area contributed by atoms with Gasteiger partial charge in [-0.25, -0.2) is 0 Å². The number of benzene rings is 1. The Hall–Kier alpha value is -1.77. The van der Waals surface area contributed by atoms with Crippen LogP contribution in [-0.2, 0) is 9.59 Å². The maximum Gasteiger partial charge on any atom is 0.162 e. The van der Waals surface area contributed by atoms with E-state index in [4.69, 9.17) is 0 Å². The molecule has 2 rings (SSSR count). The van der Waals surface area contributed by atoms with E-state index in [0.717, 1.165) is 0 Å². The van der Waals surface area contributed by atoms with E-state index in [1.165, 1.54) is 0 Å². The standard InChI is InChI=1S/C17H20O3/c1-17(2)10-15(19)13(16(20)11-17)8-9-14(18)12-6-4-3-5-7-12/h3-7,13H,8-11H2,1-2H3. The normalized spacial score (nSPS) is 19.1. The Kier molecular flexibility index (Phi) is 4.17. The first-order valence-electron chi connectivity index (χ1n) is 7.03. The van der Waals surface area contributed by atoms with Crippen molar-refractivity contribution in [1.82, 2.24) is 0 Å². The van der Waals surface area contributed by atoms with Crippen molar-refractivity contribution in [2.75, 3.05) is 0 Å². The highest BCUT2D eigenvalue weighted by atomic mass is 16.2. The molecule has 0 N–H and O–H groups in total. The fourth-order valence-electron chi connectivity index (χ4n) is 2.80. The molecule has 3 nitrogen and oxygen atoms in total. The van der Waals surface area contributed by atoms with Gasteiger partial charge in [-0.1, -0.05) is 44.2 Å². The van der Waals surface area contributed by atoms with Crippen molar-refractivity contribution >= 4 is 17.3 Å². The van der Waals surface area contributed by atoms with E-state index in [9.17, 15) is 14.4 Å². The van der Waals surface area contributed by atoms with Crippen molar-refractivity contribution in [2.24, 2.45) is 11.3 Å². The van der Waals surface area contributed by atoms with E-state index < -0.39 is 5.92 Å². The summed E-state index contributed by atoms with van der Waals surface area (Å²) < 4.78 is 0. The molecule has 0 radical (unpaired) electrons. The zero-order chi connectivity index (χ0) is 14.8. The molecule has 0 unspecified atom stereocenters. The van der Waals surface area contributed by atoms with Gasteiger partial charge in [0.25, 0.3) is 0 Å². The third-order valence-corrected chi connectivity index (χ3v) is 3.84. The molecule has 1 saturated carbocycles. The largest absolute Gasteiger partial charge is 0.299 e. The van der Waals surface area contributed by atoms with Gasteiger partial charge in [0.15, 0.2) is 5.78 Å². The maximum atomic E-state index is 12.0. The van der Waals surface area contributed by atoms with Crippen LogP contribution in [0.1, 0.15) is 49.9 Å². The number of carbonyl (C=O) groups excluding carboxylic acids is 3. The predicted octanol–water partition coefficient (Wildman–Crippen LogP) is 3.22. The number of Topliss-reactive ketones (excluding diaryl/α,β-unsaturated/α-hetero) is 3. The van der Waals surface area contributed by atoms with Gasteiger partial charge in [-0.3, -0.25) is 14.4 Å². The summed E-state index contributed by atoms with van der Waals surface area (Å²) in [5, 5.41) is 0. The summed E-state index contributed by atoms with van der Waals surface area (Å²) in [7, 11) is 0. The van der Waals surface area contributed by atoms with Gasteiger partial charge in [0.05, 0.1) is 5.92 Å². The van der Waals surface area contributed by atoms with Crippen molar-refractivity contribution in [3.8, 4) is 0 Å². The average molecular weight is 272 g/mol. The zero-order valence-corrected chi connectivity index (χ0v) is 12.0. The molecule has 0 atom stereocenters. The second kappa shape index (κ2) is 5.70. The SMILES string of the molecule is CC1(C)CC(=O)C(CCC(=O)c2ccccc2)C(=O)C1. The Morgan fingerprint density at radius 3 is 2.20 bits per heavy atom. The van der Waals surface area contributed by atoms with Gasteiger partial charge in [0.2, 0.25) is 0 Å². The molecule has 106 valence electrons. The van der Waals surface area contributed by atoms with Crippen molar-refractivity contribution in [2.45, 2.75) is 39.5 Å². The van der Waals surface area contributed by atoms with Crippen LogP contribution in [0.15, 0.2) is 30.3 Å². The fraction of sp³-hybridized carbons (Fsp3) is 0.471. The molecule has 0 amide bonds. The third kappa shape index (κ3) is 3.41. The van der Waals surface area contributed by atoms with Crippen LogP contribution in [0.25, 0.3) is 0 Å². The summed E-state index contributed by atoms with van der Waals surface area (Å²) in [4.78, 5) is 36.1. The summed E-state index contributed by atoms with van der Waals surface area (Å²) in [6, 6.07) is 9.00. The lowest BCUT2D eigenvalue weighted by molar-refractivity contribution is -0.139. The van der Waals surface area contributed by atoms with Gasteiger partial charge < -0.3 is 0 Å². The lowest BCUT2D eigenvalue weighted by Gasteiger charge is -2.31. The molecular formula is C17H20O3. The topological polar surface area (TPSA) is 51.2 Å². The number of rotatable bonds is 4. The number of ketones is 3. The Bertz CT molecular complexity index is 508. The smallest absolute Gasteiger partial charge is 0.162 e. The minimum atomic E-state index is -0.573. The number of carbonyl (C=O) groups is 3. The Morgan fingerprint density at radius 1 is 1.10 bits per heavy atom. The molecule has 20 heavy (non-hydrogen) atoms. The van der Waals surface area contributed by atoms with E-state index in [0.29, 0.717) is 24.8 Å². The van der Waals surface area contributed by atoms with Crippen LogP contribution in [0, 0.1) is 11.3 Å². The second-order valence-electron chi connectivity index (χ2n) is 6.33. The van der Waals surface area contributed by atoms with Crippen molar-refractivity contribution in [3.63, 3.8) is 0 Å². The monoisotopic (exact) mass is 272 g/mol. The maximum absolute atomic E-state index is 12.0. The van der Waals surface area contributed by atoms with Gasteiger partial charge in [0, 0.05) is 24.8 Å². The summed E-state index contributed by atoms with van der Waals surface area (Å²) in [6.45, 7) is 3.88. The minimum absolute atomic E-state index is 0.00367. The van der Waals surface area contributed by atoms with Gasteiger partial charge in [-0.15, -0.1) is 0 Å². The van der Waals surface area contributed by atoms with Crippen molar-refractivity contribution < 1.29 is 14.4 Å². The van der Waals surface area contributed by atoms with Crippen LogP contribution in [0.2, 0.25) is 0 Å². The summed E-state index contributed by atoms with van der Waals surface area (Å²) in [5.41, 5.74) is 0.414. The summed E-state index contributed by atoms with van der Waals surface area (Å²) >= 11 is 0. The zero-order valence-electron chi connectivity index (χ0n) is 12.0. The molecule has 0 spiro atoms. The molecule has 1 aliphatic rings. The first-order valence-corrected chi connectivity index (χ1v) is 7.03. The van der Waals surface area contributed by atoms with Crippen LogP contribution >= 0.6 is 0 Å². The summed E-state index contributed by atoms with van der Waals surface area (Å²) in [6.07, 6.45) is 1.47. The quantitative estimate of drug-likeness (QED) is 0.624. The molecule has 0 aromatic heterocycles. The van der Waals surface area contributed by atoms with E-state index in [2.05, 4.69) is 0 Å². The van der Waals surface area contributed by atoms with E-state index >= 15 is 0 Å². The third-order valence-electron chi connectivity index (χ3n) is 3.84. The highest BCUT2D eigenvalue weighted by Gasteiger charge is 2.39. The predicted molar refractivity (Wildman–Crippen MR) is 76.5 cm³/mol. The first-order chi connectivity index (χ1) is 9.39. The molecular weight excluding hydrogens is 252 g/mol. The highest BCUT2D eigenvalue weighted by Crippen LogP contribution is 2.35. The molecule has 0 bridgehead atoms. The molecule has 3 heteroatoms. The summed E-state index contributed by atoms with van der Waals surface area (Å²) in [5.74, 6) is -0.592. The van der Waals surface area contributed by atoms with Gasteiger partial charge in [-0.05, 0) is 11.8 Å². The van der Waals surface area contributed by atoms with Crippen LogP contribution in [0.4, 0.5) is 0 Å². The fourth-order valence-corrected chi connectivity index (χ4v) is 2.80. The van der Waals surface area contributed by atoms with E-state index in [-0.39, 0.29) is 29.2 Å². The van der Waals surface area contributed by atoms with Crippen molar-refractivity contribution in [1.29, 1.82) is 0 Å². The highest BCUT2D eigenvalue weighted by molar-refractivity contribution is 6.06. The van der Waals surface area contributed by atoms with Crippen molar-refractivity contribution in [3.05, 3.63) is 35.9 Å². The molecule has 0 aliphatic heterocycles. The minimum Gasteiger partial charge on any atom is -0.299 e. The molecule has 1 aromatic rings. The molecule has 0 heterocycles. The lowest BCUT2D eigenvalue weighted by atomic mass is 9.70. The van der Waals surface area contributed by atoms with Crippen LogP contribution in [0.3, 0.4) is 0 Å². The van der Waals surface area contributed by atoms with Gasteiger partial charge >= 0.3 is 0 Å². The molecule has 0 saturated heterocycles. The molecule has 1 aromatic carbocycles. The van der Waals surface area contributed by atoms with Crippen LogP contribution < -0.4 is 0 Å². The Labute approximate surface area is 119 Å².